The minimum absolute atomic E-state index is 0.162. The normalized spacial score (nSPS) is 20.9. The third kappa shape index (κ3) is 4.10. The van der Waals surface area contributed by atoms with Crippen LogP contribution >= 0.6 is 0 Å². The van der Waals surface area contributed by atoms with Crippen LogP contribution in [0.1, 0.15) is 56.9 Å². The van der Waals surface area contributed by atoms with Crippen molar-refractivity contribution in [1.29, 1.82) is 5.26 Å². The number of amides is 2. The van der Waals surface area contributed by atoms with Crippen molar-refractivity contribution < 1.29 is 22.7 Å². The molecule has 1 atom stereocenters. The summed E-state index contributed by atoms with van der Waals surface area (Å²) in [5, 5.41) is 15.6. The van der Waals surface area contributed by atoms with E-state index in [1.165, 1.54) is 4.68 Å². The maximum absolute atomic E-state index is 13.4. The van der Waals surface area contributed by atoms with Crippen LogP contribution in [0.15, 0.2) is 24.3 Å². The first-order chi connectivity index (χ1) is 16.8. The van der Waals surface area contributed by atoms with Crippen LogP contribution < -0.4 is 5.32 Å². The van der Waals surface area contributed by atoms with E-state index in [1.54, 1.807) is 36.2 Å². The van der Waals surface area contributed by atoms with Gasteiger partial charge >= 0.3 is 0 Å². The highest BCUT2D eigenvalue weighted by molar-refractivity contribution is 7.93. The molecule has 1 N–H and O–H groups in total. The van der Waals surface area contributed by atoms with Gasteiger partial charge in [0, 0.05) is 38.9 Å². The first-order valence-electron chi connectivity index (χ1n) is 11.7. The molecule has 0 bridgehead atoms. The zero-order valence-electron chi connectivity index (χ0n) is 19.5. The van der Waals surface area contributed by atoms with Crippen LogP contribution in [0.3, 0.4) is 0 Å². The molecule has 3 heterocycles. The lowest BCUT2D eigenvalue weighted by atomic mass is 10.0. The van der Waals surface area contributed by atoms with Gasteiger partial charge in [-0.25, -0.2) is 8.42 Å². The average Bonchev–Trinajstić information content (AvgIpc) is 3.27. The molecule has 1 saturated heterocycles. The minimum atomic E-state index is -3.41. The van der Waals surface area contributed by atoms with Crippen LogP contribution in [0, 0.1) is 11.3 Å². The molecular formula is C24H27N5O5S. The van der Waals surface area contributed by atoms with E-state index < -0.39 is 19.8 Å². The summed E-state index contributed by atoms with van der Waals surface area (Å²) in [5.74, 6) is -0.675. The fraction of sp³-hybridized carbons (Fsp3) is 0.500. The molecule has 10 nitrogen and oxygen atoms in total. The van der Waals surface area contributed by atoms with E-state index in [-0.39, 0.29) is 37.2 Å². The number of nitriles is 1. The third-order valence-corrected chi connectivity index (χ3v) is 10.2. The topological polar surface area (TPSA) is 134 Å². The van der Waals surface area contributed by atoms with E-state index in [4.69, 9.17) is 10.00 Å². The Bertz CT molecular complexity index is 1320. The Balaban J connectivity index is 1.29. The number of aromatic nitrogens is 2. The predicted octanol–water partition coefficient (Wildman–Crippen LogP) is 0.956. The number of hydrogen-bond donors (Lipinski definition) is 1. The molecule has 1 aliphatic carbocycles. The van der Waals surface area contributed by atoms with Gasteiger partial charge in [0.2, 0.25) is 0 Å². The van der Waals surface area contributed by atoms with Crippen LogP contribution in [0.4, 0.5) is 0 Å². The summed E-state index contributed by atoms with van der Waals surface area (Å²) in [5.41, 5.74) is 2.51. The Kier molecular flexibility index (Phi) is 5.89. The number of ether oxygens (including phenoxy) is 1. The summed E-state index contributed by atoms with van der Waals surface area (Å²) in [4.78, 5) is 27.8. The standard InChI is InChI=1S/C24H27N5O5S/c1-28-21-19(20(27-28)22(30)26-13-17-4-2-16(12-25)3-5-17)6-10-29(23(21)31)15-24(8-9-24)35(32,33)18-7-11-34-14-18/h2-5,18H,6-11,13-15H2,1H3,(H,26,30)/t18-/m0/s1. The fourth-order valence-electron chi connectivity index (χ4n) is 5.00. The molecule has 0 spiro atoms. The number of benzene rings is 1. The van der Waals surface area contributed by atoms with Gasteiger partial charge in [0.05, 0.1) is 28.2 Å². The van der Waals surface area contributed by atoms with Crippen LogP contribution in [0.25, 0.3) is 0 Å². The van der Waals surface area contributed by atoms with E-state index in [0.29, 0.717) is 55.7 Å². The number of aryl methyl sites for hydroxylation is 1. The van der Waals surface area contributed by atoms with Crippen molar-refractivity contribution in [1.82, 2.24) is 20.0 Å². The number of rotatable bonds is 7. The van der Waals surface area contributed by atoms with Gasteiger partial charge in [-0.05, 0) is 43.4 Å². The fourth-order valence-corrected chi connectivity index (χ4v) is 7.39. The van der Waals surface area contributed by atoms with Gasteiger partial charge in [-0.2, -0.15) is 10.4 Å². The second-order valence-corrected chi connectivity index (χ2v) is 12.1. The van der Waals surface area contributed by atoms with Crippen LogP contribution in [-0.4, -0.2) is 71.2 Å². The zero-order chi connectivity index (χ0) is 24.8. The third-order valence-electron chi connectivity index (χ3n) is 7.23. The first-order valence-corrected chi connectivity index (χ1v) is 13.2. The highest BCUT2D eigenvalue weighted by atomic mass is 32.2. The molecule has 0 unspecified atom stereocenters. The largest absolute Gasteiger partial charge is 0.380 e. The minimum Gasteiger partial charge on any atom is -0.380 e. The highest BCUT2D eigenvalue weighted by Crippen LogP contribution is 2.47. The van der Waals surface area contributed by atoms with E-state index in [9.17, 15) is 18.0 Å². The molecule has 1 saturated carbocycles. The first kappa shape index (κ1) is 23.5. The maximum Gasteiger partial charge on any atom is 0.272 e. The number of fused-ring (bicyclic) bond motifs is 1. The predicted molar refractivity (Wildman–Crippen MR) is 125 cm³/mol. The summed E-state index contributed by atoms with van der Waals surface area (Å²) in [6, 6.07) is 8.97. The molecule has 1 aromatic heterocycles. The quantitative estimate of drug-likeness (QED) is 0.602. The molecule has 11 heteroatoms. The summed E-state index contributed by atoms with van der Waals surface area (Å²) < 4.78 is 32.3. The molecular weight excluding hydrogens is 470 g/mol. The van der Waals surface area contributed by atoms with E-state index in [2.05, 4.69) is 16.5 Å². The molecule has 2 aliphatic heterocycles. The van der Waals surface area contributed by atoms with Crippen molar-refractivity contribution in [2.45, 2.75) is 42.2 Å². The van der Waals surface area contributed by atoms with Crippen molar-refractivity contribution in [2.75, 3.05) is 26.3 Å². The summed E-state index contributed by atoms with van der Waals surface area (Å²) in [7, 11) is -1.78. The Labute approximate surface area is 203 Å². The van der Waals surface area contributed by atoms with Crippen molar-refractivity contribution in [3.63, 3.8) is 0 Å². The Hall–Kier alpha value is -3.23. The molecule has 2 fully saturated rings. The lowest BCUT2D eigenvalue weighted by Gasteiger charge is -2.31. The molecule has 184 valence electrons. The molecule has 3 aliphatic rings. The van der Waals surface area contributed by atoms with E-state index in [0.717, 1.165) is 5.56 Å². The van der Waals surface area contributed by atoms with Gasteiger partial charge in [-0.1, -0.05) is 12.1 Å². The molecule has 1 aromatic carbocycles. The van der Waals surface area contributed by atoms with E-state index in [1.807, 2.05) is 0 Å². The molecule has 35 heavy (non-hydrogen) atoms. The number of nitrogens with zero attached hydrogens (tertiary/aromatic N) is 4. The Morgan fingerprint density at radius 2 is 2.06 bits per heavy atom. The van der Waals surface area contributed by atoms with E-state index >= 15 is 0 Å². The monoisotopic (exact) mass is 497 g/mol. The number of nitrogens with one attached hydrogen (secondary N) is 1. The van der Waals surface area contributed by atoms with Crippen LogP contribution in [-0.2, 0) is 34.6 Å². The second kappa shape index (κ2) is 8.77. The molecule has 0 radical (unpaired) electrons. The SMILES string of the molecule is Cn1nc(C(=O)NCc2ccc(C#N)cc2)c2c1C(=O)N(CC1(S(=O)(=O)[C@H]3CCOC3)CC1)CC2. The maximum atomic E-state index is 13.4. The van der Waals surface area contributed by atoms with Gasteiger partial charge in [0.15, 0.2) is 15.5 Å². The van der Waals surface area contributed by atoms with Crippen LogP contribution in [0.2, 0.25) is 0 Å². The summed E-state index contributed by atoms with van der Waals surface area (Å²) >= 11 is 0. The molecule has 2 aromatic rings. The van der Waals surface area contributed by atoms with Crippen molar-refractivity contribution in [3.05, 3.63) is 52.3 Å². The molecule has 5 rings (SSSR count). The molecule has 2 amide bonds. The average molecular weight is 498 g/mol. The van der Waals surface area contributed by atoms with Crippen molar-refractivity contribution in [2.24, 2.45) is 7.05 Å². The lowest BCUT2D eigenvalue weighted by Crippen LogP contribution is -2.48. The van der Waals surface area contributed by atoms with Crippen molar-refractivity contribution >= 4 is 21.7 Å². The zero-order valence-corrected chi connectivity index (χ0v) is 20.3. The highest BCUT2D eigenvalue weighted by Gasteiger charge is 2.59. The van der Waals surface area contributed by atoms with Crippen molar-refractivity contribution in [3.8, 4) is 6.07 Å². The number of hydrogen-bond acceptors (Lipinski definition) is 7. The van der Waals surface area contributed by atoms with Gasteiger partial charge in [0.1, 0.15) is 5.69 Å². The summed E-state index contributed by atoms with van der Waals surface area (Å²) in [6.07, 6.45) is 2.04. The number of carbonyl (C=O) groups excluding carboxylic acids is 2. The Morgan fingerprint density at radius 1 is 1.31 bits per heavy atom. The number of carbonyl (C=O) groups is 2. The number of sulfone groups is 1. The van der Waals surface area contributed by atoms with Crippen LogP contribution in [0.5, 0.6) is 0 Å². The smallest absolute Gasteiger partial charge is 0.272 e. The van der Waals surface area contributed by atoms with Gasteiger partial charge in [-0.3, -0.25) is 14.3 Å². The van der Waals surface area contributed by atoms with Gasteiger partial charge in [0.25, 0.3) is 11.8 Å². The summed E-state index contributed by atoms with van der Waals surface area (Å²) in [6.45, 7) is 1.45. The van der Waals surface area contributed by atoms with Gasteiger partial charge in [-0.15, -0.1) is 0 Å². The second-order valence-electron chi connectivity index (χ2n) is 9.48. The lowest BCUT2D eigenvalue weighted by molar-refractivity contribution is 0.0724. The Morgan fingerprint density at radius 3 is 2.69 bits per heavy atom. The van der Waals surface area contributed by atoms with Gasteiger partial charge < -0.3 is 15.0 Å².